The third-order valence-corrected chi connectivity index (χ3v) is 7.85. The van der Waals surface area contributed by atoms with Crippen LogP contribution >= 0.6 is 0 Å². The van der Waals surface area contributed by atoms with Gasteiger partial charge in [-0.1, -0.05) is 20.3 Å². The van der Waals surface area contributed by atoms with Crippen molar-refractivity contribution in [3.05, 3.63) is 28.3 Å². The van der Waals surface area contributed by atoms with Crippen LogP contribution in [0.15, 0.2) is 23.1 Å². The molecule has 174 valence electrons. The molecule has 0 saturated carbocycles. The van der Waals surface area contributed by atoms with Gasteiger partial charge >= 0.3 is 0 Å². The van der Waals surface area contributed by atoms with E-state index < -0.39 is 14.9 Å². The van der Waals surface area contributed by atoms with Gasteiger partial charge in [-0.05, 0) is 37.3 Å². The zero-order chi connectivity index (χ0) is 22.4. The Labute approximate surface area is 184 Å². The highest BCUT2D eigenvalue weighted by Crippen LogP contribution is 2.30. The van der Waals surface area contributed by atoms with Gasteiger partial charge in [0.2, 0.25) is 10.0 Å². The molecule has 0 radical (unpaired) electrons. The molecule has 2 aliphatic rings. The number of benzene rings is 1. The van der Waals surface area contributed by atoms with Crippen LogP contribution in [0.5, 0.6) is 0 Å². The number of ether oxygens (including phenoxy) is 1. The van der Waals surface area contributed by atoms with E-state index in [1.807, 2.05) is 0 Å². The second-order valence-electron chi connectivity index (χ2n) is 8.71. The summed E-state index contributed by atoms with van der Waals surface area (Å²) in [7, 11) is -3.72. The van der Waals surface area contributed by atoms with E-state index in [2.05, 4.69) is 24.1 Å². The monoisotopic (exact) mass is 454 g/mol. The van der Waals surface area contributed by atoms with Crippen LogP contribution in [0.3, 0.4) is 0 Å². The standard InChI is InChI=1S/C21H34N4O5S/c1-17(2)14-18(23-10-12-30-13-11-23)16-22-20-7-6-19(15-21(20)25(26)27)31(28,29)24-8-4-3-5-9-24/h6-7,15,17-18,22H,3-5,8-14,16H2,1-2H3/t18-/m0/s1. The van der Waals surface area contributed by atoms with Crippen molar-refractivity contribution in [2.75, 3.05) is 51.3 Å². The van der Waals surface area contributed by atoms with Crippen LogP contribution in [0.25, 0.3) is 0 Å². The fraction of sp³-hybridized carbons (Fsp3) is 0.714. The first-order valence-electron chi connectivity index (χ1n) is 11.1. The van der Waals surface area contributed by atoms with Crippen molar-refractivity contribution >= 4 is 21.4 Å². The Balaban J connectivity index is 1.78. The molecule has 3 rings (SSSR count). The van der Waals surface area contributed by atoms with Gasteiger partial charge < -0.3 is 10.1 Å². The Hall–Kier alpha value is -1.75. The summed E-state index contributed by atoms with van der Waals surface area (Å²) < 4.78 is 32.7. The molecule has 2 saturated heterocycles. The first-order chi connectivity index (χ1) is 14.8. The van der Waals surface area contributed by atoms with Crippen molar-refractivity contribution in [3.8, 4) is 0 Å². The quantitative estimate of drug-likeness (QED) is 0.452. The van der Waals surface area contributed by atoms with E-state index in [1.54, 1.807) is 0 Å². The minimum Gasteiger partial charge on any atom is -0.379 e. The SMILES string of the molecule is CC(C)C[C@@H](CNc1ccc(S(=O)(=O)N2CCCCC2)cc1[N+](=O)[O-])N1CCOCC1. The highest BCUT2D eigenvalue weighted by atomic mass is 32.2. The molecule has 10 heteroatoms. The molecule has 0 aromatic heterocycles. The van der Waals surface area contributed by atoms with E-state index in [1.165, 1.54) is 22.5 Å². The number of nitro benzene ring substituents is 1. The zero-order valence-electron chi connectivity index (χ0n) is 18.5. The van der Waals surface area contributed by atoms with Crippen LogP contribution in [-0.4, -0.2) is 74.5 Å². The number of sulfonamides is 1. The molecule has 0 aliphatic carbocycles. The molecule has 31 heavy (non-hydrogen) atoms. The molecule has 1 N–H and O–H groups in total. The lowest BCUT2D eigenvalue weighted by atomic mass is 10.0. The van der Waals surface area contributed by atoms with Crippen molar-refractivity contribution in [1.82, 2.24) is 9.21 Å². The van der Waals surface area contributed by atoms with Crippen LogP contribution in [0.2, 0.25) is 0 Å². The van der Waals surface area contributed by atoms with E-state index in [9.17, 15) is 18.5 Å². The van der Waals surface area contributed by atoms with Crippen molar-refractivity contribution in [2.24, 2.45) is 5.92 Å². The third-order valence-electron chi connectivity index (χ3n) is 5.95. The smallest absolute Gasteiger partial charge is 0.293 e. The number of piperidine rings is 1. The first kappa shape index (κ1) is 23.9. The molecule has 0 amide bonds. The molecule has 0 spiro atoms. The van der Waals surface area contributed by atoms with E-state index in [0.717, 1.165) is 38.8 Å². The number of anilines is 1. The predicted octanol–water partition coefficient (Wildman–Crippen LogP) is 2.93. The Bertz CT molecular complexity index is 849. The zero-order valence-corrected chi connectivity index (χ0v) is 19.3. The summed E-state index contributed by atoms with van der Waals surface area (Å²) in [5.74, 6) is 0.488. The topological polar surface area (TPSA) is 105 Å². The Kier molecular flexibility index (Phi) is 8.26. The van der Waals surface area contributed by atoms with Gasteiger partial charge in [-0.25, -0.2) is 8.42 Å². The molecule has 9 nitrogen and oxygen atoms in total. The molecule has 1 aromatic rings. The molecular weight excluding hydrogens is 420 g/mol. The molecule has 1 aromatic carbocycles. The number of rotatable bonds is 9. The number of nitrogens with one attached hydrogen (secondary N) is 1. The maximum Gasteiger partial charge on any atom is 0.293 e. The molecule has 2 aliphatic heterocycles. The molecule has 0 unspecified atom stereocenters. The summed E-state index contributed by atoms with van der Waals surface area (Å²) in [5.41, 5.74) is 0.146. The number of morpholine rings is 1. The molecule has 1 atom stereocenters. The van der Waals surface area contributed by atoms with Crippen molar-refractivity contribution in [1.29, 1.82) is 0 Å². The van der Waals surface area contributed by atoms with Gasteiger partial charge in [-0.3, -0.25) is 15.0 Å². The highest BCUT2D eigenvalue weighted by molar-refractivity contribution is 7.89. The summed E-state index contributed by atoms with van der Waals surface area (Å²) >= 11 is 0. The van der Waals surface area contributed by atoms with Crippen LogP contribution in [0.4, 0.5) is 11.4 Å². The molecule has 2 heterocycles. The lowest BCUT2D eigenvalue weighted by Crippen LogP contribution is -2.47. The average Bonchev–Trinajstić information content (AvgIpc) is 2.77. The minimum atomic E-state index is -3.72. The number of nitrogens with zero attached hydrogens (tertiary/aromatic N) is 3. The van der Waals surface area contributed by atoms with E-state index in [0.29, 0.717) is 44.5 Å². The molecule has 0 bridgehead atoms. The average molecular weight is 455 g/mol. The Morgan fingerprint density at radius 2 is 1.81 bits per heavy atom. The summed E-state index contributed by atoms with van der Waals surface area (Å²) in [5, 5.41) is 15.0. The number of nitro groups is 1. The number of hydrogen-bond acceptors (Lipinski definition) is 7. The van der Waals surface area contributed by atoms with Crippen molar-refractivity contribution in [2.45, 2.75) is 50.5 Å². The summed E-state index contributed by atoms with van der Waals surface area (Å²) in [4.78, 5) is 13.6. The van der Waals surface area contributed by atoms with Gasteiger partial charge in [0, 0.05) is 44.8 Å². The summed E-state index contributed by atoms with van der Waals surface area (Å²) in [6, 6.07) is 4.42. The van der Waals surface area contributed by atoms with Crippen LogP contribution in [0.1, 0.15) is 39.5 Å². The maximum atomic E-state index is 12.9. The lowest BCUT2D eigenvalue weighted by Gasteiger charge is -2.35. The van der Waals surface area contributed by atoms with Gasteiger partial charge in [0.1, 0.15) is 5.69 Å². The van der Waals surface area contributed by atoms with Gasteiger partial charge in [-0.2, -0.15) is 4.31 Å². The molecule has 2 fully saturated rings. The van der Waals surface area contributed by atoms with Crippen LogP contribution < -0.4 is 5.32 Å². The second-order valence-corrected chi connectivity index (χ2v) is 10.7. The largest absolute Gasteiger partial charge is 0.379 e. The predicted molar refractivity (Wildman–Crippen MR) is 120 cm³/mol. The van der Waals surface area contributed by atoms with Gasteiger partial charge in [0.25, 0.3) is 5.69 Å². The highest BCUT2D eigenvalue weighted by Gasteiger charge is 2.29. The van der Waals surface area contributed by atoms with E-state index in [-0.39, 0.29) is 16.6 Å². The van der Waals surface area contributed by atoms with Crippen molar-refractivity contribution in [3.63, 3.8) is 0 Å². The lowest BCUT2D eigenvalue weighted by molar-refractivity contribution is -0.384. The maximum absolute atomic E-state index is 12.9. The normalized spacial score (nSPS) is 20.0. The van der Waals surface area contributed by atoms with Gasteiger partial charge in [0.05, 0.1) is 23.0 Å². The molecular formula is C21H34N4O5S. The minimum absolute atomic E-state index is 0.0152. The van der Waals surface area contributed by atoms with Crippen LogP contribution in [0, 0.1) is 16.0 Å². The first-order valence-corrected chi connectivity index (χ1v) is 12.6. The third kappa shape index (κ3) is 6.15. The fourth-order valence-corrected chi connectivity index (χ4v) is 5.84. The Morgan fingerprint density at radius 1 is 1.13 bits per heavy atom. The van der Waals surface area contributed by atoms with Crippen LogP contribution in [-0.2, 0) is 14.8 Å². The summed E-state index contributed by atoms with van der Waals surface area (Å²) in [6.45, 7) is 8.88. The van der Waals surface area contributed by atoms with Gasteiger partial charge in [0.15, 0.2) is 0 Å². The summed E-state index contributed by atoms with van der Waals surface area (Å²) in [6.07, 6.45) is 3.61. The van der Waals surface area contributed by atoms with E-state index in [4.69, 9.17) is 4.74 Å². The van der Waals surface area contributed by atoms with Crippen molar-refractivity contribution < 1.29 is 18.1 Å². The van der Waals surface area contributed by atoms with E-state index >= 15 is 0 Å². The number of hydrogen-bond donors (Lipinski definition) is 1. The Morgan fingerprint density at radius 3 is 2.42 bits per heavy atom. The van der Waals surface area contributed by atoms with Gasteiger partial charge in [-0.15, -0.1) is 0 Å². The second kappa shape index (κ2) is 10.7. The fourth-order valence-electron chi connectivity index (χ4n) is 4.30.